The van der Waals surface area contributed by atoms with Crippen LogP contribution in [-0.4, -0.2) is 0 Å². The van der Waals surface area contributed by atoms with E-state index in [1.54, 1.807) is 0 Å². The molecule has 0 aliphatic heterocycles. The van der Waals surface area contributed by atoms with Crippen molar-refractivity contribution in [3.8, 4) is 0 Å². The molecule has 6 aliphatic carbocycles. The third-order valence-electron chi connectivity index (χ3n) is 11.3. The molecule has 0 unspecified atom stereocenters. The Bertz CT molecular complexity index is 1240. The Balaban J connectivity index is -0.0000000681. The van der Waals surface area contributed by atoms with E-state index in [1.165, 1.54) is 152 Å². The fraction of sp³-hybridized carbons (Fsp3) is 0.624. The molecule has 0 atom stereocenters. The van der Waals surface area contributed by atoms with Crippen molar-refractivity contribution in [3.05, 3.63) is 188 Å². The summed E-state index contributed by atoms with van der Waals surface area (Å²) in [6, 6.07) is 8.45. The minimum atomic E-state index is 0. The van der Waals surface area contributed by atoms with Crippen LogP contribution in [0.2, 0.25) is 0 Å². The summed E-state index contributed by atoms with van der Waals surface area (Å²) in [5.41, 5.74) is 2.57. The Kier molecular flexibility index (Phi) is 161. The molecule has 0 nitrogen and oxygen atoms in total. The van der Waals surface area contributed by atoms with Crippen LogP contribution in [-0.2, 0) is 6.42 Å². The molecule has 0 fully saturated rings. The van der Waals surface area contributed by atoms with Gasteiger partial charge in [-0.1, -0.05) is 485 Å². The van der Waals surface area contributed by atoms with Gasteiger partial charge >= 0.3 is 0 Å². The van der Waals surface area contributed by atoms with E-state index in [-0.39, 0.29) is 22.3 Å². The number of aryl methyl sites for hydroxylation is 1. The van der Waals surface area contributed by atoms with E-state index in [4.69, 9.17) is 0 Å². The van der Waals surface area contributed by atoms with E-state index >= 15 is 0 Å². The van der Waals surface area contributed by atoms with Crippen LogP contribution in [0.3, 0.4) is 0 Å². The second kappa shape index (κ2) is 126. The lowest BCUT2D eigenvalue weighted by Gasteiger charge is -2.00. The highest BCUT2D eigenvalue weighted by atomic mass is 14.0. The number of allylic oxidation sites excluding steroid dienone is 24. The van der Waals surface area contributed by atoms with Crippen LogP contribution >= 0.6 is 0 Å². The summed E-state index contributed by atoms with van der Waals surface area (Å²) in [7, 11) is 0. The monoisotopic (exact) mass is 1180 g/mol. The molecular weight excluding hydrogens is 1020 g/mol. The van der Waals surface area contributed by atoms with Crippen molar-refractivity contribution in [1.82, 2.24) is 0 Å². The predicted octanol–water partition coefficient (Wildman–Crippen LogP) is 32.3. The molecule has 0 heteroatoms. The molecule has 0 radical (unpaired) electrons. The molecular formula is C85H162. The van der Waals surface area contributed by atoms with Crippen molar-refractivity contribution in [2.75, 3.05) is 0 Å². The molecule has 0 heterocycles. The maximum absolute atomic E-state index is 3.69. The van der Waals surface area contributed by atoms with Crippen molar-refractivity contribution < 1.29 is 0 Å². The number of hydrogen-bond donors (Lipinski definition) is 0. The Morgan fingerprint density at radius 2 is 0.471 bits per heavy atom. The van der Waals surface area contributed by atoms with Gasteiger partial charge in [-0.15, -0.1) is 0 Å². The standard InChI is InChI=1S/C10H12.4C8H18.6C5H6.5C2H6.3CH4/c1-3-9-5-7-10(4-2)8-6-9;1-4-5-6-7-8(2)3;3*1-3-5-7-8-6-4-2;6*1-2-4-5-3-1;5*1-2;;;/h3,5-8H,1,4H2,2H3;8H,4-7H2,1-3H3;3*3-8H2,1-2H3;6*1-4H,5H2;5*1-2H3;3*1H4. The largest absolute Gasteiger partial charge is 0.0985 e. The third kappa shape index (κ3) is 135. The Morgan fingerprint density at radius 1 is 0.294 bits per heavy atom. The Hall–Kier alpha value is -4.16. The second-order valence-electron chi connectivity index (χ2n) is 19.0. The zero-order chi connectivity index (χ0) is 63.7. The maximum atomic E-state index is 3.69. The second-order valence-corrected chi connectivity index (χ2v) is 19.0. The molecule has 6 aliphatic rings. The quantitative estimate of drug-likeness (QED) is 0.108. The Labute approximate surface area is 543 Å². The lowest BCUT2D eigenvalue weighted by Crippen LogP contribution is -1.85. The van der Waals surface area contributed by atoms with E-state index in [9.17, 15) is 0 Å². The average molecular weight is 1180 g/mol. The SMILES string of the molecule is C.C.C.C1=CCC=C1.C1=CCC=C1.C1=CCC=C1.C1=CCC=C1.C1=CCC=C1.C1=CCC=C1.C=Cc1ccc(CC)cc1.CC.CC.CC.CC.CC.CCCCCC(C)C.CCCCCCCC.CCCCCCCC.CCCCCCCC. The minimum absolute atomic E-state index is 0. The topological polar surface area (TPSA) is 0 Å². The Morgan fingerprint density at radius 3 is 0.588 bits per heavy atom. The fourth-order valence-corrected chi connectivity index (χ4v) is 6.61. The molecule has 85 heavy (non-hydrogen) atoms. The molecule has 0 N–H and O–H groups in total. The van der Waals surface area contributed by atoms with Gasteiger partial charge in [0.25, 0.3) is 0 Å². The molecule has 0 saturated heterocycles. The van der Waals surface area contributed by atoms with Gasteiger partial charge < -0.3 is 0 Å². The van der Waals surface area contributed by atoms with E-state index in [0.717, 1.165) is 50.9 Å². The number of unbranched alkanes of at least 4 members (excludes halogenated alkanes) is 17. The third-order valence-corrected chi connectivity index (χ3v) is 11.3. The van der Waals surface area contributed by atoms with Crippen molar-refractivity contribution in [2.24, 2.45) is 5.92 Å². The number of benzene rings is 1. The number of hydrogen-bond acceptors (Lipinski definition) is 0. The maximum Gasteiger partial charge on any atom is -0.0163 e. The van der Waals surface area contributed by atoms with Crippen molar-refractivity contribution in [1.29, 1.82) is 0 Å². The van der Waals surface area contributed by atoms with Gasteiger partial charge in [0.15, 0.2) is 0 Å². The number of rotatable bonds is 21. The van der Waals surface area contributed by atoms with Crippen LogP contribution < -0.4 is 0 Å². The van der Waals surface area contributed by atoms with Gasteiger partial charge in [-0.05, 0) is 62.0 Å². The summed E-state index contributed by atoms with van der Waals surface area (Å²) < 4.78 is 0. The van der Waals surface area contributed by atoms with Crippen molar-refractivity contribution in [3.63, 3.8) is 0 Å². The lowest BCUT2D eigenvalue weighted by atomic mass is 10.1. The predicted molar refractivity (Wildman–Crippen MR) is 416 cm³/mol. The summed E-state index contributed by atoms with van der Waals surface area (Å²) >= 11 is 0. The van der Waals surface area contributed by atoms with Crippen LogP contribution in [0.4, 0.5) is 0 Å². The smallest absolute Gasteiger partial charge is 0.0163 e. The summed E-state index contributed by atoms with van der Waals surface area (Å²) in [6.45, 7) is 46.2. The van der Waals surface area contributed by atoms with E-state index < -0.39 is 0 Å². The van der Waals surface area contributed by atoms with E-state index in [0.29, 0.717) is 0 Å². The zero-order valence-corrected chi connectivity index (χ0v) is 59.5. The van der Waals surface area contributed by atoms with Gasteiger partial charge in [-0.25, -0.2) is 0 Å². The van der Waals surface area contributed by atoms with E-state index in [2.05, 4.69) is 246 Å². The van der Waals surface area contributed by atoms with Gasteiger partial charge in [-0.3, -0.25) is 0 Å². The molecule has 0 saturated carbocycles. The average Bonchev–Trinajstić information content (AvgIpc) is 4.40. The summed E-state index contributed by atoms with van der Waals surface area (Å²) in [5.74, 6) is 0.904. The first-order valence-electron chi connectivity index (χ1n) is 35.0. The molecule has 7 rings (SSSR count). The summed E-state index contributed by atoms with van der Waals surface area (Å²) in [4.78, 5) is 0. The zero-order valence-electron chi connectivity index (χ0n) is 59.5. The first kappa shape index (κ1) is 109. The van der Waals surface area contributed by atoms with Crippen molar-refractivity contribution >= 4 is 6.08 Å². The molecule has 0 amide bonds. The van der Waals surface area contributed by atoms with Gasteiger partial charge in [-0.2, -0.15) is 0 Å². The van der Waals surface area contributed by atoms with Crippen LogP contribution in [0.5, 0.6) is 0 Å². The fourth-order valence-electron chi connectivity index (χ4n) is 6.61. The van der Waals surface area contributed by atoms with Crippen LogP contribution in [0.15, 0.2) is 177 Å². The summed E-state index contributed by atoms with van der Waals surface area (Å²) in [6.07, 6.45) is 91.0. The molecule has 0 spiro atoms. The highest BCUT2D eigenvalue weighted by Crippen LogP contribution is 2.08. The molecule has 1 aromatic rings. The molecule has 1 aromatic carbocycles. The molecule has 0 bridgehead atoms. The lowest BCUT2D eigenvalue weighted by molar-refractivity contribution is 0.534. The van der Waals surface area contributed by atoms with Crippen LogP contribution in [0.1, 0.15) is 352 Å². The van der Waals surface area contributed by atoms with Crippen LogP contribution in [0, 0.1) is 5.92 Å². The first-order chi connectivity index (χ1) is 40.4. The highest BCUT2D eigenvalue weighted by Gasteiger charge is 1.91. The normalized spacial score (nSPS) is 11.4. The van der Waals surface area contributed by atoms with Crippen molar-refractivity contribution in [2.45, 2.75) is 347 Å². The highest BCUT2D eigenvalue weighted by molar-refractivity contribution is 5.47. The van der Waals surface area contributed by atoms with Gasteiger partial charge in [0, 0.05) is 0 Å². The first-order valence-corrected chi connectivity index (χ1v) is 35.0. The van der Waals surface area contributed by atoms with Gasteiger partial charge in [0.05, 0.1) is 0 Å². The van der Waals surface area contributed by atoms with E-state index in [1.807, 2.05) is 75.3 Å². The molecule has 0 aromatic heterocycles. The van der Waals surface area contributed by atoms with Crippen LogP contribution in [0.25, 0.3) is 6.08 Å². The molecule has 502 valence electrons. The van der Waals surface area contributed by atoms with Gasteiger partial charge in [0.1, 0.15) is 0 Å². The minimum Gasteiger partial charge on any atom is -0.0985 e. The van der Waals surface area contributed by atoms with Gasteiger partial charge in [0.2, 0.25) is 0 Å². The summed E-state index contributed by atoms with van der Waals surface area (Å²) in [5, 5.41) is 0.